The van der Waals surface area contributed by atoms with Gasteiger partial charge in [-0.15, -0.1) is 23.7 Å². The number of hydrogen-bond donors (Lipinski definition) is 2. The summed E-state index contributed by atoms with van der Waals surface area (Å²) in [4.78, 5) is 18.2. The van der Waals surface area contributed by atoms with E-state index in [0.29, 0.717) is 0 Å². The smallest absolute Gasteiger partial charge is 0.246 e. The molecule has 1 aromatic heterocycles. The average Bonchev–Trinajstić information content (AvgIpc) is 2.81. The van der Waals surface area contributed by atoms with Gasteiger partial charge in [0.05, 0.1) is 11.2 Å². The number of halogens is 1. The third kappa shape index (κ3) is 3.15. The molecule has 3 N–H and O–H groups in total. The number of carbonyl (C=O) groups excluding carboxylic acids is 1. The van der Waals surface area contributed by atoms with E-state index in [0.717, 1.165) is 43.7 Å². The third-order valence-electron chi connectivity index (χ3n) is 4.26. The van der Waals surface area contributed by atoms with E-state index >= 15 is 0 Å². The lowest BCUT2D eigenvalue weighted by Crippen LogP contribution is -2.52. The van der Waals surface area contributed by atoms with Crippen LogP contribution in [0.3, 0.4) is 0 Å². The summed E-state index contributed by atoms with van der Waals surface area (Å²) in [6, 6.07) is 0. The molecule has 0 radical (unpaired) electrons. The largest absolute Gasteiger partial charge is 0.317 e. The molecule has 6 heteroatoms. The average molecular weight is 316 g/mol. The van der Waals surface area contributed by atoms with Gasteiger partial charge in [0.25, 0.3) is 0 Å². The van der Waals surface area contributed by atoms with Crippen LogP contribution in [-0.4, -0.2) is 16.4 Å². The fraction of sp³-hybridized carbons (Fsp3) is 0.714. The van der Waals surface area contributed by atoms with Crippen molar-refractivity contribution in [1.82, 2.24) is 4.98 Å². The third-order valence-corrected chi connectivity index (χ3v) is 5.34. The van der Waals surface area contributed by atoms with Gasteiger partial charge in [-0.05, 0) is 38.5 Å². The fourth-order valence-electron chi connectivity index (χ4n) is 3.04. The van der Waals surface area contributed by atoms with Crippen LogP contribution >= 0.6 is 23.7 Å². The quantitative estimate of drug-likeness (QED) is 0.881. The first-order valence-corrected chi connectivity index (χ1v) is 8.08. The van der Waals surface area contributed by atoms with E-state index in [4.69, 9.17) is 5.73 Å². The minimum absolute atomic E-state index is 0. The molecule has 3 rings (SSSR count). The van der Waals surface area contributed by atoms with Crippen molar-refractivity contribution in [2.24, 2.45) is 5.73 Å². The predicted molar refractivity (Wildman–Crippen MR) is 84.6 cm³/mol. The Balaban J connectivity index is 0.00000147. The zero-order valence-electron chi connectivity index (χ0n) is 11.6. The second-order valence-electron chi connectivity index (χ2n) is 5.77. The summed E-state index contributed by atoms with van der Waals surface area (Å²) in [6.45, 7) is 0. The molecule has 0 aromatic carbocycles. The highest BCUT2D eigenvalue weighted by atomic mass is 35.5. The number of thiazole rings is 1. The summed E-state index contributed by atoms with van der Waals surface area (Å²) in [5.41, 5.74) is 6.74. The lowest BCUT2D eigenvalue weighted by Gasteiger charge is -2.31. The van der Waals surface area contributed by atoms with Gasteiger partial charge in [-0.3, -0.25) is 4.79 Å². The van der Waals surface area contributed by atoms with Crippen LogP contribution in [-0.2, 0) is 17.6 Å². The van der Waals surface area contributed by atoms with Gasteiger partial charge in [-0.1, -0.05) is 19.3 Å². The normalized spacial score (nSPS) is 20.6. The van der Waals surface area contributed by atoms with E-state index in [1.54, 1.807) is 11.3 Å². The van der Waals surface area contributed by atoms with Crippen molar-refractivity contribution in [2.75, 3.05) is 5.32 Å². The van der Waals surface area contributed by atoms with Gasteiger partial charge < -0.3 is 11.1 Å². The molecule has 1 saturated carbocycles. The highest BCUT2D eigenvalue weighted by Gasteiger charge is 2.35. The van der Waals surface area contributed by atoms with Crippen molar-refractivity contribution in [3.05, 3.63) is 10.6 Å². The van der Waals surface area contributed by atoms with E-state index in [9.17, 15) is 4.79 Å². The summed E-state index contributed by atoms with van der Waals surface area (Å²) < 4.78 is 0. The number of rotatable bonds is 2. The van der Waals surface area contributed by atoms with Crippen molar-refractivity contribution in [3.8, 4) is 0 Å². The molecule has 0 aliphatic heterocycles. The summed E-state index contributed by atoms with van der Waals surface area (Å²) in [7, 11) is 0. The molecule has 1 heterocycles. The van der Waals surface area contributed by atoms with Crippen molar-refractivity contribution in [3.63, 3.8) is 0 Å². The van der Waals surface area contributed by atoms with E-state index in [-0.39, 0.29) is 18.3 Å². The predicted octanol–water partition coefficient (Wildman–Crippen LogP) is 3.04. The number of aryl methyl sites for hydroxylation is 2. The molecule has 1 aromatic rings. The molecule has 0 unspecified atom stereocenters. The number of nitrogens with one attached hydrogen (secondary N) is 1. The van der Waals surface area contributed by atoms with Crippen LogP contribution in [0, 0.1) is 0 Å². The number of nitrogens with two attached hydrogens (primary N) is 1. The van der Waals surface area contributed by atoms with Gasteiger partial charge in [0.15, 0.2) is 5.13 Å². The first-order valence-electron chi connectivity index (χ1n) is 7.26. The minimum Gasteiger partial charge on any atom is -0.317 e. The first kappa shape index (κ1) is 15.7. The Bertz CT molecular complexity index is 459. The van der Waals surface area contributed by atoms with Crippen LogP contribution < -0.4 is 11.1 Å². The summed E-state index contributed by atoms with van der Waals surface area (Å²) in [6.07, 6.45) is 9.50. The van der Waals surface area contributed by atoms with Gasteiger partial charge in [-0.25, -0.2) is 4.98 Å². The van der Waals surface area contributed by atoms with Crippen LogP contribution in [0.5, 0.6) is 0 Å². The lowest BCUT2D eigenvalue weighted by molar-refractivity contribution is -0.122. The van der Waals surface area contributed by atoms with Gasteiger partial charge in [0, 0.05) is 4.88 Å². The monoisotopic (exact) mass is 315 g/mol. The maximum atomic E-state index is 12.3. The molecule has 0 atom stereocenters. The molecule has 20 heavy (non-hydrogen) atoms. The molecule has 4 nitrogen and oxygen atoms in total. The summed E-state index contributed by atoms with van der Waals surface area (Å²) in [5.74, 6) is -0.0432. The zero-order valence-corrected chi connectivity index (χ0v) is 13.2. The second-order valence-corrected chi connectivity index (χ2v) is 6.85. The first-order chi connectivity index (χ1) is 9.17. The van der Waals surface area contributed by atoms with Crippen LogP contribution in [0.25, 0.3) is 0 Å². The standard InChI is InChI=1S/C14H21N3OS.ClH/c15-14(8-4-1-5-9-14)12(18)17-13-16-10-6-2-3-7-11(10)19-13;/h1-9,15H2,(H,16,17,18);1H. The summed E-state index contributed by atoms with van der Waals surface area (Å²) >= 11 is 1.63. The van der Waals surface area contributed by atoms with Gasteiger partial charge in [0.1, 0.15) is 0 Å². The number of amides is 1. The lowest BCUT2D eigenvalue weighted by atomic mass is 9.82. The Morgan fingerprint density at radius 1 is 1.15 bits per heavy atom. The number of aromatic nitrogens is 1. The van der Waals surface area contributed by atoms with Crippen molar-refractivity contribution in [2.45, 2.75) is 63.3 Å². The summed E-state index contributed by atoms with van der Waals surface area (Å²) in [5, 5.41) is 3.70. The van der Waals surface area contributed by atoms with Crippen LogP contribution in [0.1, 0.15) is 55.5 Å². The molecular formula is C14H22ClN3OS. The van der Waals surface area contributed by atoms with E-state index in [1.165, 1.54) is 29.8 Å². The minimum atomic E-state index is -0.676. The Labute approximate surface area is 129 Å². The highest BCUT2D eigenvalue weighted by molar-refractivity contribution is 7.15. The number of carbonyl (C=O) groups is 1. The maximum absolute atomic E-state index is 12.3. The SMILES string of the molecule is Cl.NC1(C(=O)Nc2nc3c(s2)CCCC3)CCCCC1. The van der Waals surface area contributed by atoms with Crippen molar-refractivity contribution >= 4 is 34.8 Å². The molecule has 112 valence electrons. The van der Waals surface area contributed by atoms with Crippen molar-refractivity contribution in [1.29, 1.82) is 0 Å². The molecule has 2 aliphatic rings. The van der Waals surface area contributed by atoms with E-state index < -0.39 is 5.54 Å². The molecule has 1 fully saturated rings. The second kappa shape index (κ2) is 6.41. The Morgan fingerprint density at radius 3 is 2.55 bits per heavy atom. The van der Waals surface area contributed by atoms with Crippen LogP contribution in [0.15, 0.2) is 0 Å². The van der Waals surface area contributed by atoms with Gasteiger partial charge in [0.2, 0.25) is 5.91 Å². The molecular weight excluding hydrogens is 294 g/mol. The molecule has 0 spiro atoms. The van der Waals surface area contributed by atoms with E-state index in [1.807, 2.05) is 0 Å². The topological polar surface area (TPSA) is 68.0 Å². The molecule has 1 amide bonds. The van der Waals surface area contributed by atoms with E-state index in [2.05, 4.69) is 10.3 Å². The van der Waals surface area contributed by atoms with Crippen LogP contribution in [0.2, 0.25) is 0 Å². The van der Waals surface area contributed by atoms with Gasteiger partial charge in [-0.2, -0.15) is 0 Å². The number of hydrogen-bond acceptors (Lipinski definition) is 4. The van der Waals surface area contributed by atoms with Crippen LogP contribution in [0.4, 0.5) is 5.13 Å². The maximum Gasteiger partial charge on any atom is 0.246 e. The highest BCUT2D eigenvalue weighted by Crippen LogP contribution is 2.31. The fourth-order valence-corrected chi connectivity index (χ4v) is 4.08. The van der Waals surface area contributed by atoms with Gasteiger partial charge >= 0.3 is 0 Å². The molecule has 2 aliphatic carbocycles. The Kier molecular flexibility index (Phi) is 5.04. The number of nitrogens with zero attached hydrogens (tertiary/aromatic N) is 1. The number of fused-ring (bicyclic) bond motifs is 1. The number of anilines is 1. The Hall–Kier alpha value is -0.650. The molecule has 0 saturated heterocycles. The van der Waals surface area contributed by atoms with Crippen molar-refractivity contribution < 1.29 is 4.79 Å². The molecule has 0 bridgehead atoms. The zero-order chi connectivity index (χ0) is 13.3. The Morgan fingerprint density at radius 2 is 1.85 bits per heavy atom.